The zero-order valence-electron chi connectivity index (χ0n) is 72.4. The number of alkyl halides is 2. The van der Waals surface area contributed by atoms with Crippen molar-refractivity contribution in [3.63, 3.8) is 0 Å². The number of methoxy groups -OCH3 is 1. The summed E-state index contributed by atoms with van der Waals surface area (Å²) in [6, 6.07) is 10.6. The standard InChI is InChI=1S/C90H124Br2N10O19S/c1-13-21-62(95-85(109)70-54-122-87(97-70)80(121-60(9)103)48-72(55(3)4)99(11)88(111)65(58(7)14-2)45-76(106)71-22-16-17-29-98(71)10)43-61-24-25-74(104)69(44-61)96-81(107)26-33-116-38-39-118-35-28-93-86(110)84(92)83(91)75(105)23-20-30-115-36-37-117-34-27-82(108)102-53-64-41-57(6)52-101(64)90(113)67-42-59(8)77(49-73(67)102)119-31-18-15-19-32-120-79-47-68-66(46-78(79)114-12)89(112)100-51-56(5)40-63(100)50-94-68/h24-25,42,44,46-47,49-50,54-55,58,62-65,71-72,80,83-84,104H,5-6,13-23,26-41,43,45,48,51-53H2,1-4,7-12H3,(H,93,110)(H,95,109)(H,96,107)/t58-,62+,63-,64-,65-,71+,72+,80+,83?,84?/m0/s1. The number of aryl methyl sites for hydroxylation is 1. The largest absolute Gasteiger partial charge is 0.506 e. The van der Waals surface area contributed by atoms with E-state index in [-0.39, 0.29) is 180 Å². The van der Waals surface area contributed by atoms with E-state index in [4.69, 9.17) is 37.9 Å². The summed E-state index contributed by atoms with van der Waals surface area (Å²) in [5.74, 6) is -1.72. The van der Waals surface area contributed by atoms with Gasteiger partial charge in [-0.2, -0.15) is 0 Å². The van der Waals surface area contributed by atoms with Gasteiger partial charge in [0.15, 0.2) is 23.4 Å². The highest BCUT2D eigenvalue weighted by Crippen LogP contribution is 2.42. The predicted molar refractivity (Wildman–Crippen MR) is 474 cm³/mol. The van der Waals surface area contributed by atoms with Gasteiger partial charge in [0.05, 0.1) is 131 Å². The molecule has 0 saturated carbocycles. The number of nitrogens with one attached hydrogen (secondary N) is 3. The third kappa shape index (κ3) is 27.5. The van der Waals surface area contributed by atoms with Gasteiger partial charge in [-0.15, -0.1) is 11.3 Å². The Kier molecular flexibility index (Phi) is 38.4. The molecular weight excluding hydrogens is 1720 g/mol. The van der Waals surface area contributed by atoms with Crippen molar-refractivity contribution < 1.29 is 90.9 Å². The number of fused-ring (bicyclic) bond motifs is 4. The minimum Gasteiger partial charge on any atom is -0.506 e. The van der Waals surface area contributed by atoms with Crippen LogP contribution in [0.1, 0.15) is 204 Å². The van der Waals surface area contributed by atoms with Crippen molar-refractivity contribution in [2.75, 3.05) is 130 Å². The summed E-state index contributed by atoms with van der Waals surface area (Å²) in [7, 11) is 5.27. The number of esters is 1. The molecule has 0 bridgehead atoms. The number of Topliss-reactive ketones (excluding diaryl/α,β-unsaturated/α-hetero) is 2. The number of aromatic nitrogens is 1. The zero-order chi connectivity index (χ0) is 88.3. The number of nitrogens with zero attached hydrogens (tertiary/aromatic N) is 7. The van der Waals surface area contributed by atoms with Gasteiger partial charge in [-0.1, -0.05) is 116 Å². The Morgan fingerprint density at radius 2 is 1.46 bits per heavy atom. The Labute approximate surface area is 738 Å². The minimum atomic E-state index is -0.862. The number of carbonyl (C=O) groups excluding carboxylic acids is 10. The highest BCUT2D eigenvalue weighted by Gasteiger charge is 2.42. The molecule has 9 rings (SSSR count). The van der Waals surface area contributed by atoms with Crippen LogP contribution in [0.4, 0.5) is 17.1 Å². The number of amides is 7. The normalized spacial score (nSPS) is 18.1. The smallest absolute Gasteiger partial charge is 0.303 e. The van der Waals surface area contributed by atoms with E-state index in [9.17, 15) is 53.1 Å². The Morgan fingerprint density at radius 3 is 2.16 bits per heavy atom. The second-order valence-corrected chi connectivity index (χ2v) is 35.6. The van der Waals surface area contributed by atoms with Gasteiger partial charge < -0.3 is 78.6 Å². The molecule has 3 saturated heterocycles. The summed E-state index contributed by atoms with van der Waals surface area (Å²) in [4.78, 5) is 152. The van der Waals surface area contributed by atoms with Crippen LogP contribution in [0.15, 0.2) is 77.1 Å². The molecule has 4 aromatic rings. The number of benzene rings is 3. The van der Waals surface area contributed by atoms with Crippen LogP contribution < -0.4 is 35.1 Å². The van der Waals surface area contributed by atoms with Crippen LogP contribution >= 0.6 is 43.2 Å². The van der Waals surface area contributed by atoms with Crippen molar-refractivity contribution in [3.05, 3.63) is 105 Å². The van der Waals surface area contributed by atoms with Crippen molar-refractivity contribution in [3.8, 4) is 23.0 Å². The molecule has 0 aliphatic carbocycles. The van der Waals surface area contributed by atoms with Crippen LogP contribution in [-0.2, 0) is 63.7 Å². The van der Waals surface area contributed by atoms with Crippen LogP contribution in [0, 0.1) is 24.7 Å². The van der Waals surface area contributed by atoms with E-state index in [1.165, 1.54) is 24.3 Å². The number of hydrogen-bond acceptors (Lipinski definition) is 23. The molecular formula is C90H124Br2N10O19S. The van der Waals surface area contributed by atoms with Gasteiger partial charge >= 0.3 is 5.97 Å². The molecule has 5 aliphatic rings. The van der Waals surface area contributed by atoms with Crippen LogP contribution in [0.5, 0.6) is 23.0 Å². The summed E-state index contributed by atoms with van der Waals surface area (Å²) in [5, 5.41) is 21.4. The number of halogens is 2. The van der Waals surface area contributed by atoms with Crippen LogP contribution in [-0.4, -0.2) is 255 Å². The van der Waals surface area contributed by atoms with E-state index < -0.39 is 51.4 Å². The number of carbonyl (C=O) groups is 10. The summed E-state index contributed by atoms with van der Waals surface area (Å²) in [6.45, 7) is 25.8. The van der Waals surface area contributed by atoms with E-state index in [0.717, 1.165) is 73.8 Å². The molecule has 3 fully saturated rings. The second-order valence-electron chi connectivity index (χ2n) is 32.7. The molecule has 10 atom stereocenters. The van der Waals surface area contributed by atoms with Crippen LogP contribution in [0.2, 0.25) is 0 Å². The number of thiazole rings is 1. The number of ketones is 2. The predicted octanol–water partition coefficient (Wildman–Crippen LogP) is 12.6. The van der Waals surface area contributed by atoms with Gasteiger partial charge in [0.2, 0.25) is 23.6 Å². The van der Waals surface area contributed by atoms with E-state index in [1.807, 2.05) is 48.6 Å². The van der Waals surface area contributed by atoms with E-state index in [1.54, 1.807) is 81.7 Å². The highest BCUT2D eigenvalue weighted by molar-refractivity contribution is 9.12. The first-order valence-electron chi connectivity index (χ1n) is 42.9. The minimum absolute atomic E-state index is 0.0273. The second kappa shape index (κ2) is 48.1. The number of phenolic OH excluding ortho intramolecular Hbond substituents is 1. The lowest BCUT2D eigenvalue weighted by atomic mass is 9.83. The third-order valence-electron chi connectivity index (χ3n) is 23.0. The highest BCUT2D eigenvalue weighted by atomic mass is 79.9. The van der Waals surface area contributed by atoms with E-state index in [2.05, 4.69) is 75.8 Å². The Balaban J connectivity index is 0.616. The number of anilines is 2. The fraction of sp³-hybridized carbons (Fsp3) is 0.600. The SMILES string of the molecule is C=C1C[C@H]2CN(C(=O)CCOCCOCCCC(=O)C(Br)C(Br)C(=O)NCCOCCOCCC(=O)Nc3cc(C[C@@H](CCC)NC(=O)c4csc([C@@H](C[C@H](C(C)C)N(C)C(=O)[C@@H](CC(=O)[C@H]5CCCCN5C)[C@@H](C)CC)OC(C)=O)n4)ccc3O)c3cc(OCCCCCOc4cc5c(cc4OC)C(=O)N4CC(=C)C[C@H]4C=N5)c(C)cc3C(=O)N2C1. The van der Waals surface area contributed by atoms with Crippen molar-refractivity contribution >= 4 is 125 Å². The molecule has 6 heterocycles. The van der Waals surface area contributed by atoms with Gasteiger partial charge in [0.25, 0.3) is 17.7 Å². The van der Waals surface area contributed by atoms with Crippen LogP contribution in [0.25, 0.3) is 0 Å². The molecule has 122 heavy (non-hydrogen) atoms. The van der Waals surface area contributed by atoms with Crippen molar-refractivity contribution in [1.82, 2.24) is 35.2 Å². The number of likely N-dealkylation sites (tertiary alicyclic amines) is 1. The van der Waals surface area contributed by atoms with Crippen molar-refractivity contribution in [1.29, 1.82) is 0 Å². The maximum Gasteiger partial charge on any atom is 0.303 e. The number of piperidine rings is 1. The molecule has 5 aliphatic heterocycles. The number of aliphatic imine (C=N–C) groups is 1. The maximum absolute atomic E-state index is 14.5. The molecule has 2 unspecified atom stereocenters. The third-order valence-corrected chi connectivity index (χ3v) is 26.7. The number of aromatic hydroxyl groups is 1. The first-order chi connectivity index (χ1) is 58.5. The summed E-state index contributed by atoms with van der Waals surface area (Å²) in [5.41, 5.74) is 5.68. The molecule has 3 aromatic carbocycles. The number of hydrogen-bond donors (Lipinski definition) is 4. The molecule has 0 spiro atoms. The number of phenols is 1. The Bertz CT molecular complexity index is 4350. The fourth-order valence-electron chi connectivity index (χ4n) is 16.0. The monoisotopic (exact) mass is 1840 g/mol. The number of likely N-dealkylation sites (N-methyl/N-ethyl adjacent to an activating group) is 1. The van der Waals surface area contributed by atoms with E-state index in [0.29, 0.717) is 116 Å². The lowest BCUT2D eigenvalue weighted by Gasteiger charge is -2.37. The molecule has 32 heteroatoms. The fourth-order valence-corrected chi connectivity index (χ4v) is 17.8. The van der Waals surface area contributed by atoms with Crippen molar-refractivity contribution in [2.45, 2.75) is 210 Å². The van der Waals surface area contributed by atoms with Gasteiger partial charge in [0.1, 0.15) is 32.8 Å². The molecule has 7 amide bonds. The first-order valence-corrected chi connectivity index (χ1v) is 45.6. The summed E-state index contributed by atoms with van der Waals surface area (Å²) < 4.78 is 46.8. The molecule has 29 nitrogen and oxygen atoms in total. The van der Waals surface area contributed by atoms with Crippen molar-refractivity contribution in [2.24, 2.45) is 22.7 Å². The topological polar surface area (TPSA) is 342 Å². The molecule has 668 valence electrons. The Hall–Kier alpha value is -8.50. The number of rotatable bonds is 50. The summed E-state index contributed by atoms with van der Waals surface area (Å²) >= 11 is 7.92. The lowest BCUT2D eigenvalue weighted by Crippen LogP contribution is -2.48. The van der Waals surface area contributed by atoms with E-state index >= 15 is 0 Å². The summed E-state index contributed by atoms with van der Waals surface area (Å²) in [6.07, 6.45) is 10.6. The number of ether oxygens (including phenoxy) is 8. The quantitative estimate of drug-likeness (QED) is 0.0105. The van der Waals surface area contributed by atoms with Gasteiger partial charge in [-0.25, -0.2) is 4.98 Å². The van der Waals surface area contributed by atoms with Gasteiger partial charge in [-0.05, 0) is 132 Å². The van der Waals surface area contributed by atoms with Gasteiger partial charge in [0, 0.05) is 108 Å². The molecule has 0 radical (unpaired) electrons. The average molecular weight is 1840 g/mol. The Morgan fingerprint density at radius 1 is 0.770 bits per heavy atom. The maximum atomic E-state index is 14.5. The zero-order valence-corrected chi connectivity index (χ0v) is 76.4. The van der Waals surface area contributed by atoms with Crippen LogP contribution in [0.3, 0.4) is 0 Å². The number of unbranched alkanes of at least 4 members (excludes halogenated alkanes) is 2. The first kappa shape index (κ1) is 97.3. The lowest BCUT2D eigenvalue weighted by molar-refractivity contribution is -0.149. The average Bonchev–Trinajstić information content (AvgIpc) is 1.63. The molecule has 1 aromatic heterocycles. The van der Waals surface area contributed by atoms with Gasteiger partial charge in [-0.3, -0.25) is 57.8 Å². The molecule has 4 N–H and O–H groups in total.